The lowest BCUT2D eigenvalue weighted by Crippen LogP contribution is -2.51. The predicted molar refractivity (Wildman–Crippen MR) is 128 cm³/mol. The molecule has 1 aliphatic rings. The molecule has 3 N–H and O–H groups in total. The average Bonchev–Trinajstić information content (AvgIpc) is 2.66. The number of hydrogen-bond donors (Lipinski definition) is 3. The molecule has 0 bridgehead atoms. The number of likely N-dealkylation sites (N-methyl/N-ethyl adjacent to an activating group) is 1. The quantitative estimate of drug-likeness (QED) is 0.295. The molecule has 164 valence electrons. The van der Waals surface area contributed by atoms with Gasteiger partial charge in [0.05, 0.1) is 6.54 Å². The van der Waals surface area contributed by atoms with Gasteiger partial charge in [-0.15, -0.1) is 24.0 Å². The fraction of sp³-hybridized carbons (Fsp3) is 0.600. The molecule has 9 heteroatoms. The van der Waals surface area contributed by atoms with Crippen molar-refractivity contribution in [3.63, 3.8) is 0 Å². The van der Waals surface area contributed by atoms with E-state index in [-0.39, 0.29) is 41.1 Å². The van der Waals surface area contributed by atoms with E-state index in [1.807, 2.05) is 0 Å². The predicted octanol–water partition coefficient (Wildman–Crippen LogP) is 2.75. The fourth-order valence-electron chi connectivity index (χ4n) is 3.34. The molecule has 0 radical (unpaired) electrons. The molecule has 1 aromatic carbocycles. The van der Waals surface area contributed by atoms with E-state index in [0.29, 0.717) is 24.2 Å². The first-order valence-corrected chi connectivity index (χ1v) is 9.98. The number of likely N-dealkylation sites (tertiary alicyclic amines) is 1. The zero-order chi connectivity index (χ0) is 20.7. The molecule has 1 fully saturated rings. The summed E-state index contributed by atoms with van der Waals surface area (Å²) in [7, 11) is 3.40. The van der Waals surface area contributed by atoms with Crippen molar-refractivity contribution in [1.29, 1.82) is 0 Å². The third-order valence-corrected chi connectivity index (χ3v) is 5.47. The van der Waals surface area contributed by atoms with Crippen molar-refractivity contribution in [2.24, 2.45) is 4.99 Å². The summed E-state index contributed by atoms with van der Waals surface area (Å²) in [6, 6.07) is 4.82. The summed E-state index contributed by atoms with van der Waals surface area (Å²) in [5, 5.41) is 9.91. The molecule has 2 rings (SSSR count). The van der Waals surface area contributed by atoms with Gasteiger partial charge in [0.15, 0.2) is 5.96 Å². The van der Waals surface area contributed by atoms with Crippen LogP contribution in [0.5, 0.6) is 0 Å². The van der Waals surface area contributed by atoms with Crippen LogP contribution in [0.1, 0.15) is 32.3 Å². The summed E-state index contributed by atoms with van der Waals surface area (Å²) < 4.78 is 13.3. The van der Waals surface area contributed by atoms with Gasteiger partial charge < -0.3 is 16.0 Å². The number of carbonyl (C=O) groups is 1. The number of amides is 1. The second-order valence-electron chi connectivity index (χ2n) is 7.80. The Morgan fingerprint density at radius 3 is 2.55 bits per heavy atom. The highest BCUT2D eigenvalue weighted by atomic mass is 127. The zero-order valence-electron chi connectivity index (χ0n) is 17.5. The molecule has 1 aromatic rings. The van der Waals surface area contributed by atoms with Crippen LogP contribution in [0.3, 0.4) is 0 Å². The molecule has 1 aliphatic heterocycles. The van der Waals surface area contributed by atoms with Gasteiger partial charge in [0, 0.05) is 50.2 Å². The second kappa shape index (κ2) is 11.9. The van der Waals surface area contributed by atoms with E-state index in [4.69, 9.17) is 11.6 Å². The number of halogens is 3. The van der Waals surface area contributed by atoms with Crippen LogP contribution in [0.4, 0.5) is 4.39 Å². The number of benzene rings is 1. The Labute approximate surface area is 195 Å². The molecule has 0 saturated carbocycles. The Morgan fingerprint density at radius 2 is 2.00 bits per heavy atom. The van der Waals surface area contributed by atoms with Crippen molar-refractivity contribution < 1.29 is 9.18 Å². The minimum Gasteiger partial charge on any atom is -0.358 e. The van der Waals surface area contributed by atoms with Gasteiger partial charge in [-0.25, -0.2) is 4.39 Å². The van der Waals surface area contributed by atoms with Gasteiger partial charge >= 0.3 is 0 Å². The maximum Gasteiger partial charge on any atom is 0.233 e. The van der Waals surface area contributed by atoms with Gasteiger partial charge in [-0.05, 0) is 30.5 Å². The molecular weight excluding hydrogens is 508 g/mol. The first-order chi connectivity index (χ1) is 13.2. The first-order valence-electron chi connectivity index (χ1n) is 9.61. The van der Waals surface area contributed by atoms with Crippen LogP contribution < -0.4 is 16.0 Å². The number of nitrogens with one attached hydrogen (secondary N) is 3. The summed E-state index contributed by atoms with van der Waals surface area (Å²) in [4.78, 5) is 18.0. The molecule has 6 nitrogen and oxygen atoms in total. The van der Waals surface area contributed by atoms with Crippen LogP contribution in [0.2, 0.25) is 5.02 Å². The Hall–Kier alpha value is -1.13. The molecule has 0 aliphatic carbocycles. The Bertz CT molecular complexity index is 708. The van der Waals surface area contributed by atoms with Crippen LogP contribution >= 0.6 is 35.6 Å². The average molecular weight is 540 g/mol. The normalized spacial score (nSPS) is 16.1. The van der Waals surface area contributed by atoms with Gasteiger partial charge in [-0.1, -0.05) is 31.5 Å². The summed E-state index contributed by atoms with van der Waals surface area (Å²) in [6.45, 7) is 6.92. The van der Waals surface area contributed by atoms with E-state index in [1.165, 1.54) is 12.1 Å². The van der Waals surface area contributed by atoms with Crippen molar-refractivity contribution in [2.45, 2.75) is 38.1 Å². The van der Waals surface area contributed by atoms with Crippen LogP contribution in [0.15, 0.2) is 23.2 Å². The molecule has 1 saturated heterocycles. The van der Waals surface area contributed by atoms with E-state index >= 15 is 0 Å². The highest BCUT2D eigenvalue weighted by Gasteiger charge is 2.25. The van der Waals surface area contributed by atoms with E-state index < -0.39 is 0 Å². The van der Waals surface area contributed by atoms with Gasteiger partial charge in [0.2, 0.25) is 5.91 Å². The molecule has 1 amide bonds. The summed E-state index contributed by atoms with van der Waals surface area (Å²) in [6.07, 6.45) is 1.90. The maximum atomic E-state index is 13.3. The highest BCUT2D eigenvalue weighted by Crippen LogP contribution is 2.29. The smallest absolute Gasteiger partial charge is 0.233 e. The van der Waals surface area contributed by atoms with Crippen molar-refractivity contribution in [3.8, 4) is 0 Å². The van der Waals surface area contributed by atoms with Crippen molar-refractivity contribution >= 4 is 47.4 Å². The van der Waals surface area contributed by atoms with E-state index in [2.05, 4.69) is 39.7 Å². The lowest BCUT2D eigenvalue weighted by molar-refractivity contribution is -0.122. The number of nitrogens with zero attached hydrogens (tertiary/aromatic N) is 2. The van der Waals surface area contributed by atoms with Crippen LogP contribution in [-0.2, 0) is 10.2 Å². The summed E-state index contributed by atoms with van der Waals surface area (Å²) in [5.41, 5.74) is 0.597. The Morgan fingerprint density at radius 1 is 1.34 bits per heavy atom. The largest absolute Gasteiger partial charge is 0.358 e. The molecule has 0 spiro atoms. The monoisotopic (exact) mass is 539 g/mol. The third-order valence-electron chi connectivity index (χ3n) is 5.16. The van der Waals surface area contributed by atoms with Crippen molar-refractivity contribution in [1.82, 2.24) is 20.9 Å². The molecule has 29 heavy (non-hydrogen) atoms. The number of piperidine rings is 1. The zero-order valence-corrected chi connectivity index (χ0v) is 20.6. The topological polar surface area (TPSA) is 68.8 Å². The first kappa shape index (κ1) is 25.9. The lowest BCUT2D eigenvalue weighted by atomic mass is 9.84. The van der Waals surface area contributed by atoms with Crippen molar-refractivity contribution in [2.75, 3.05) is 40.3 Å². The molecule has 0 aromatic heterocycles. The molecule has 0 atom stereocenters. The number of rotatable bonds is 6. The van der Waals surface area contributed by atoms with Crippen LogP contribution in [-0.4, -0.2) is 63.1 Å². The fourth-order valence-corrected chi connectivity index (χ4v) is 3.77. The number of guanidine groups is 1. The summed E-state index contributed by atoms with van der Waals surface area (Å²) >= 11 is 6.23. The SMILES string of the molecule is CN=C(NCC(C)(C)c1ccc(F)cc1Cl)NC1CCN(CC(=O)NC)CC1.I. The van der Waals surface area contributed by atoms with Gasteiger partial charge in [0.25, 0.3) is 0 Å². The lowest BCUT2D eigenvalue weighted by Gasteiger charge is -2.33. The maximum absolute atomic E-state index is 13.3. The van der Waals surface area contributed by atoms with Gasteiger partial charge in [0.1, 0.15) is 5.82 Å². The van der Waals surface area contributed by atoms with Gasteiger partial charge in [-0.3, -0.25) is 14.7 Å². The summed E-state index contributed by atoms with van der Waals surface area (Å²) in [5.74, 6) is 0.444. The van der Waals surface area contributed by atoms with E-state index in [0.717, 1.165) is 37.5 Å². The highest BCUT2D eigenvalue weighted by molar-refractivity contribution is 14.0. The minimum absolute atomic E-state index is 0. The minimum atomic E-state index is -0.335. The third kappa shape index (κ3) is 7.90. The number of carbonyl (C=O) groups excluding carboxylic acids is 1. The second-order valence-corrected chi connectivity index (χ2v) is 8.21. The molecular formula is C20H32ClFIN5O. The van der Waals surface area contributed by atoms with E-state index in [9.17, 15) is 9.18 Å². The number of hydrogen-bond acceptors (Lipinski definition) is 3. The van der Waals surface area contributed by atoms with Crippen LogP contribution in [0.25, 0.3) is 0 Å². The van der Waals surface area contributed by atoms with E-state index in [1.54, 1.807) is 20.2 Å². The standard InChI is InChI=1S/C20H31ClFN5O.HI/c1-20(2,16-6-5-14(22)11-17(16)21)13-25-19(24-4)26-15-7-9-27(10-8-15)12-18(28)23-3;/h5-6,11,15H,7-10,12-13H2,1-4H3,(H,23,28)(H2,24,25,26);1H. The Balaban J connectivity index is 0.00000420. The van der Waals surface area contributed by atoms with Crippen LogP contribution in [0, 0.1) is 5.82 Å². The number of aliphatic imine (C=N–C) groups is 1. The van der Waals surface area contributed by atoms with Crippen molar-refractivity contribution in [3.05, 3.63) is 34.6 Å². The molecule has 0 unspecified atom stereocenters. The molecule has 1 heterocycles. The van der Waals surface area contributed by atoms with Gasteiger partial charge in [-0.2, -0.15) is 0 Å². The Kier molecular flexibility index (Phi) is 10.6.